The summed E-state index contributed by atoms with van der Waals surface area (Å²) >= 11 is 0. The molecule has 1 aromatic heterocycles. The second-order valence-corrected chi connectivity index (χ2v) is 7.39. The number of β-amino-alcohol motifs (C(OH)–C–C–N with tert-alkyl or cyclic N) is 1. The van der Waals surface area contributed by atoms with Crippen LogP contribution >= 0.6 is 0 Å². The van der Waals surface area contributed by atoms with Crippen LogP contribution in [0.5, 0.6) is 0 Å². The minimum absolute atomic E-state index is 0.0193. The number of H-pyrrole nitrogens is 1. The predicted octanol–water partition coefficient (Wildman–Crippen LogP) is 2.21. The molecule has 2 aromatic rings. The van der Waals surface area contributed by atoms with Gasteiger partial charge >= 0.3 is 0 Å². The van der Waals surface area contributed by atoms with Gasteiger partial charge in [0.2, 0.25) is 0 Å². The zero-order valence-electron chi connectivity index (χ0n) is 14.3. The van der Waals surface area contributed by atoms with Gasteiger partial charge < -0.3 is 20.1 Å². The maximum Gasteiger partial charge on any atom is 0.254 e. The van der Waals surface area contributed by atoms with Crippen LogP contribution in [0.4, 0.5) is 0 Å². The molecule has 2 fully saturated rings. The predicted molar refractivity (Wildman–Crippen MR) is 94.0 cm³/mol. The number of nitrogens with one attached hydrogen (secondary N) is 1. The summed E-state index contributed by atoms with van der Waals surface area (Å²) in [6.07, 6.45) is 6.31. The third-order valence-electron chi connectivity index (χ3n) is 5.70. The average Bonchev–Trinajstić information content (AvgIpc) is 3.24. The zero-order valence-corrected chi connectivity index (χ0v) is 14.3. The first kappa shape index (κ1) is 16.5. The number of imidazole rings is 1. The van der Waals surface area contributed by atoms with Crippen LogP contribution in [0.15, 0.2) is 18.2 Å². The highest BCUT2D eigenvalue weighted by molar-refractivity contribution is 5.97. The van der Waals surface area contributed by atoms with Gasteiger partial charge in [0.1, 0.15) is 12.4 Å². The molecule has 134 valence electrons. The Morgan fingerprint density at radius 1 is 1.28 bits per heavy atom. The van der Waals surface area contributed by atoms with Gasteiger partial charge in [-0.15, -0.1) is 0 Å². The first-order chi connectivity index (χ1) is 12.2. The molecule has 1 saturated heterocycles. The van der Waals surface area contributed by atoms with Gasteiger partial charge in [-0.25, -0.2) is 4.98 Å². The molecule has 25 heavy (non-hydrogen) atoms. The number of nitrogens with zero attached hydrogens (tertiary/aromatic N) is 2. The van der Waals surface area contributed by atoms with Gasteiger partial charge in [0.15, 0.2) is 0 Å². The van der Waals surface area contributed by atoms with E-state index in [0.717, 1.165) is 23.9 Å². The summed E-state index contributed by atoms with van der Waals surface area (Å²) in [7, 11) is 0. The van der Waals surface area contributed by atoms with Crippen LogP contribution in [0.3, 0.4) is 0 Å². The van der Waals surface area contributed by atoms with Crippen molar-refractivity contribution in [3.8, 4) is 0 Å². The molecule has 0 bridgehead atoms. The number of likely N-dealkylation sites (tertiary alicyclic amines) is 1. The molecule has 2 atom stereocenters. The Labute approximate surface area is 146 Å². The number of aromatic amines is 1. The van der Waals surface area contributed by atoms with Gasteiger partial charge in [0.05, 0.1) is 17.1 Å². The van der Waals surface area contributed by atoms with Crippen molar-refractivity contribution in [1.29, 1.82) is 0 Å². The van der Waals surface area contributed by atoms with Gasteiger partial charge in [-0.1, -0.05) is 19.3 Å². The van der Waals surface area contributed by atoms with Crippen molar-refractivity contribution in [3.05, 3.63) is 29.6 Å². The molecule has 2 heterocycles. The van der Waals surface area contributed by atoms with Crippen molar-refractivity contribution in [2.45, 2.75) is 57.3 Å². The highest BCUT2D eigenvalue weighted by Crippen LogP contribution is 2.35. The molecule has 1 aromatic carbocycles. The number of aliphatic hydroxyl groups is 2. The van der Waals surface area contributed by atoms with E-state index < -0.39 is 6.10 Å². The van der Waals surface area contributed by atoms with Gasteiger partial charge in [0, 0.05) is 18.2 Å². The molecule has 0 radical (unpaired) electrons. The van der Waals surface area contributed by atoms with Crippen LogP contribution in [0, 0.1) is 5.92 Å². The van der Waals surface area contributed by atoms with E-state index in [1.54, 1.807) is 18.2 Å². The summed E-state index contributed by atoms with van der Waals surface area (Å²) < 4.78 is 0. The molecule has 2 aliphatic rings. The van der Waals surface area contributed by atoms with Crippen molar-refractivity contribution >= 4 is 16.9 Å². The Morgan fingerprint density at radius 3 is 2.84 bits per heavy atom. The molecule has 4 rings (SSSR count). The number of aromatic nitrogens is 2. The third-order valence-corrected chi connectivity index (χ3v) is 5.70. The monoisotopic (exact) mass is 343 g/mol. The smallest absolute Gasteiger partial charge is 0.254 e. The summed E-state index contributed by atoms with van der Waals surface area (Å²) in [5.41, 5.74) is 2.10. The zero-order chi connectivity index (χ0) is 17.4. The maximum absolute atomic E-state index is 13.1. The number of fused-ring (bicyclic) bond motifs is 1. The van der Waals surface area contributed by atoms with Crippen molar-refractivity contribution in [2.24, 2.45) is 5.92 Å². The number of hydrogen-bond acceptors (Lipinski definition) is 4. The van der Waals surface area contributed by atoms with Gasteiger partial charge in [-0.2, -0.15) is 0 Å². The van der Waals surface area contributed by atoms with Crippen LogP contribution in [-0.4, -0.2) is 49.7 Å². The molecular weight excluding hydrogens is 318 g/mol. The largest absolute Gasteiger partial charge is 0.391 e. The molecule has 1 saturated carbocycles. The highest BCUT2D eigenvalue weighted by atomic mass is 16.3. The standard InChI is InChI=1S/C19H25N3O3/c23-11-18-20-15-7-6-13(8-16(15)21-18)19(25)22-10-14(24)9-17(22)12-4-2-1-3-5-12/h6-8,12,14,17,23-24H,1-5,9-11H2,(H,20,21). The highest BCUT2D eigenvalue weighted by Gasteiger charge is 2.39. The van der Waals surface area contributed by atoms with Crippen molar-refractivity contribution in [3.63, 3.8) is 0 Å². The van der Waals surface area contributed by atoms with Crippen LogP contribution in [0.25, 0.3) is 11.0 Å². The summed E-state index contributed by atoms with van der Waals surface area (Å²) in [4.78, 5) is 22.3. The Hall–Kier alpha value is -1.92. The Balaban J connectivity index is 1.59. The normalized spacial score (nSPS) is 25.0. The number of rotatable bonds is 3. The molecule has 6 nitrogen and oxygen atoms in total. The Morgan fingerprint density at radius 2 is 2.08 bits per heavy atom. The molecular formula is C19H25N3O3. The number of aliphatic hydroxyl groups excluding tert-OH is 2. The van der Waals surface area contributed by atoms with E-state index in [1.165, 1.54) is 19.3 Å². The van der Waals surface area contributed by atoms with E-state index in [4.69, 9.17) is 0 Å². The first-order valence-corrected chi connectivity index (χ1v) is 9.24. The topological polar surface area (TPSA) is 89.4 Å². The fourth-order valence-corrected chi connectivity index (χ4v) is 4.48. The quantitative estimate of drug-likeness (QED) is 0.797. The number of amides is 1. The van der Waals surface area contributed by atoms with Gasteiger partial charge in [-0.05, 0) is 43.4 Å². The van der Waals surface area contributed by atoms with Crippen LogP contribution in [-0.2, 0) is 6.61 Å². The van der Waals surface area contributed by atoms with E-state index in [-0.39, 0.29) is 18.6 Å². The van der Waals surface area contributed by atoms with E-state index in [0.29, 0.717) is 30.3 Å². The molecule has 2 unspecified atom stereocenters. The number of hydrogen-bond donors (Lipinski definition) is 3. The second-order valence-electron chi connectivity index (χ2n) is 7.39. The van der Waals surface area contributed by atoms with Crippen molar-refractivity contribution < 1.29 is 15.0 Å². The van der Waals surface area contributed by atoms with Crippen molar-refractivity contribution in [1.82, 2.24) is 14.9 Å². The van der Waals surface area contributed by atoms with E-state index in [2.05, 4.69) is 9.97 Å². The average molecular weight is 343 g/mol. The molecule has 1 aliphatic carbocycles. The van der Waals surface area contributed by atoms with Crippen LogP contribution < -0.4 is 0 Å². The van der Waals surface area contributed by atoms with Gasteiger partial charge in [-0.3, -0.25) is 4.79 Å². The first-order valence-electron chi connectivity index (χ1n) is 9.24. The molecule has 1 amide bonds. The summed E-state index contributed by atoms with van der Waals surface area (Å²) in [5, 5.41) is 19.4. The minimum Gasteiger partial charge on any atom is -0.391 e. The van der Waals surface area contributed by atoms with Crippen LogP contribution in [0.2, 0.25) is 0 Å². The van der Waals surface area contributed by atoms with E-state index in [1.807, 2.05) is 4.90 Å². The number of carbonyl (C=O) groups excluding carboxylic acids is 1. The number of benzene rings is 1. The van der Waals surface area contributed by atoms with E-state index in [9.17, 15) is 15.0 Å². The SMILES string of the molecule is O=C(c1ccc2nc(CO)[nH]c2c1)N1CC(O)CC1C1CCCCC1. The lowest BCUT2D eigenvalue weighted by atomic mass is 9.82. The lowest BCUT2D eigenvalue weighted by Gasteiger charge is -2.33. The number of carbonyl (C=O) groups is 1. The summed E-state index contributed by atoms with van der Waals surface area (Å²) in [5.74, 6) is 0.983. The lowest BCUT2D eigenvalue weighted by Crippen LogP contribution is -2.40. The molecule has 0 spiro atoms. The summed E-state index contributed by atoms with van der Waals surface area (Å²) in [6.45, 7) is 0.267. The molecule has 1 aliphatic heterocycles. The van der Waals surface area contributed by atoms with Gasteiger partial charge in [0.25, 0.3) is 5.91 Å². The summed E-state index contributed by atoms with van der Waals surface area (Å²) in [6, 6.07) is 5.54. The maximum atomic E-state index is 13.1. The van der Waals surface area contributed by atoms with E-state index >= 15 is 0 Å². The third kappa shape index (κ3) is 3.16. The van der Waals surface area contributed by atoms with Crippen molar-refractivity contribution in [2.75, 3.05) is 6.54 Å². The Bertz CT molecular complexity index is 766. The minimum atomic E-state index is -0.423. The van der Waals surface area contributed by atoms with Crippen LogP contribution in [0.1, 0.15) is 54.7 Å². The fourth-order valence-electron chi connectivity index (χ4n) is 4.48. The second kappa shape index (κ2) is 6.77. The Kier molecular flexibility index (Phi) is 4.48. The fraction of sp³-hybridized carbons (Fsp3) is 0.579. The molecule has 3 N–H and O–H groups in total. The lowest BCUT2D eigenvalue weighted by molar-refractivity contribution is 0.0650. The molecule has 6 heteroatoms.